The number of nitrogens with zero attached hydrogens (tertiary/aromatic N) is 4. The third-order valence-electron chi connectivity index (χ3n) is 4.36. The van der Waals surface area contributed by atoms with Gasteiger partial charge in [0.1, 0.15) is 0 Å². The topological polar surface area (TPSA) is 80.2 Å². The van der Waals surface area contributed by atoms with Gasteiger partial charge < -0.3 is 15.0 Å². The molecule has 0 spiro atoms. The van der Waals surface area contributed by atoms with Gasteiger partial charge in [0.05, 0.1) is 16.3 Å². The molecule has 4 heterocycles. The van der Waals surface area contributed by atoms with E-state index in [4.69, 9.17) is 4.74 Å². The van der Waals surface area contributed by atoms with E-state index in [-0.39, 0.29) is 12.0 Å². The Morgan fingerprint density at radius 3 is 3.00 bits per heavy atom. The van der Waals surface area contributed by atoms with E-state index in [1.165, 1.54) is 11.3 Å². The summed E-state index contributed by atoms with van der Waals surface area (Å²) in [5.74, 6) is 0.373. The number of hydrogen-bond acceptors (Lipinski definition) is 7. The van der Waals surface area contributed by atoms with Crippen LogP contribution in [0.4, 0.5) is 5.95 Å². The van der Waals surface area contributed by atoms with Gasteiger partial charge in [0.15, 0.2) is 5.69 Å². The average molecular weight is 369 g/mol. The Labute approximate surface area is 155 Å². The molecule has 1 fully saturated rings. The van der Waals surface area contributed by atoms with Crippen molar-refractivity contribution in [1.82, 2.24) is 19.9 Å². The molecule has 1 amide bonds. The zero-order chi connectivity index (χ0) is 18.1. The van der Waals surface area contributed by atoms with Crippen LogP contribution in [0.3, 0.4) is 0 Å². The molecule has 3 aromatic heterocycles. The van der Waals surface area contributed by atoms with E-state index in [9.17, 15) is 4.79 Å². The Bertz CT molecular complexity index is 952. The normalized spacial score (nSPS) is 14.5. The van der Waals surface area contributed by atoms with E-state index in [0.717, 1.165) is 21.3 Å². The van der Waals surface area contributed by atoms with Gasteiger partial charge in [-0.25, -0.2) is 9.97 Å². The quantitative estimate of drug-likeness (QED) is 0.744. The zero-order valence-corrected chi connectivity index (χ0v) is 15.4. The first-order chi connectivity index (χ1) is 12.6. The fourth-order valence-corrected chi connectivity index (χ4v) is 3.70. The highest BCUT2D eigenvalue weighted by Crippen LogP contribution is 2.26. The van der Waals surface area contributed by atoms with Crippen molar-refractivity contribution in [1.29, 1.82) is 0 Å². The number of pyridine rings is 1. The molecule has 7 nitrogen and oxygen atoms in total. The van der Waals surface area contributed by atoms with Crippen molar-refractivity contribution < 1.29 is 9.53 Å². The van der Waals surface area contributed by atoms with Crippen LogP contribution in [0.2, 0.25) is 0 Å². The molecular weight excluding hydrogens is 350 g/mol. The predicted octanol–water partition coefficient (Wildman–Crippen LogP) is 2.48. The van der Waals surface area contributed by atoms with Gasteiger partial charge in [0, 0.05) is 39.1 Å². The van der Waals surface area contributed by atoms with Crippen LogP contribution < -0.4 is 5.32 Å². The second-order valence-electron chi connectivity index (χ2n) is 6.32. The van der Waals surface area contributed by atoms with E-state index >= 15 is 0 Å². The number of nitrogens with one attached hydrogen (secondary N) is 1. The first-order valence-corrected chi connectivity index (χ1v) is 9.23. The molecule has 4 rings (SSSR count). The molecule has 26 heavy (non-hydrogen) atoms. The summed E-state index contributed by atoms with van der Waals surface area (Å²) in [4.78, 5) is 27.8. The number of fused-ring (bicyclic) bond motifs is 1. The van der Waals surface area contributed by atoms with Crippen LogP contribution >= 0.6 is 11.3 Å². The molecular formula is C18H19N5O2S. The van der Waals surface area contributed by atoms with Gasteiger partial charge in [-0.15, -0.1) is 11.3 Å². The van der Waals surface area contributed by atoms with Gasteiger partial charge in [-0.05, 0) is 29.5 Å². The first-order valence-electron chi connectivity index (χ1n) is 8.36. The maximum atomic E-state index is 12.8. The van der Waals surface area contributed by atoms with Gasteiger partial charge in [0.2, 0.25) is 5.95 Å². The Morgan fingerprint density at radius 1 is 1.38 bits per heavy atom. The van der Waals surface area contributed by atoms with Crippen molar-refractivity contribution in [2.45, 2.75) is 19.6 Å². The third-order valence-corrected chi connectivity index (χ3v) is 5.27. The Morgan fingerprint density at radius 2 is 2.23 bits per heavy atom. The van der Waals surface area contributed by atoms with Crippen molar-refractivity contribution in [2.24, 2.45) is 0 Å². The number of aromatic nitrogens is 3. The van der Waals surface area contributed by atoms with Crippen LogP contribution in [0, 0.1) is 6.92 Å². The minimum atomic E-state index is -0.0755. The maximum Gasteiger partial charge on any atom is 0.274 e. The van der Waals surface area contributed by atoms with Crippen LogP contribution in [-0.2, 0) is 11.3 Å². The highest BCUT2D eigenvalue weighted by atomic mass is 32.1. The first kappa shape index (κ1) is 16.9. The van der Waals surface area contributed by atoms with Gasteiger partial charge >= 0.3 is 0 Å². The SMILES string of the molecule is COC1CN(C(=O)c2nc(NCc3cncc(C)c3)nc3ccsc23)C1. The second kappa shape index (κ2) is 6.97. The lowest BCUT2D eigenvalue weighted by molar-refractivity contribution is -0.0193. The second-order valence-corrected chi connectivity index (χ2v) is 7.24. The zero-order valence-electron chi connectivity index (χ0n) is 14.6. The summed E-state index contributed by atoms with van der Waals surface area (Å²) in [5, 5.41) is 5.14. The summed E-state index contributed by atoms with van der Waals surface area (Å²) in [5.41, 5.74) is 3.36. The Balaban J connectivity index is 1.57. The van der Waals surface area contributed by atoms with E-state index in [1.54, 1.807) is 18.2 Å². The maximum absolute atomic E-state index is 12.8. The molecule has 8 heteroatoms. The molecule has 0 bridgehead atoms. The number of carbonyl (C=O) groups is 1. The van der Waals surface area contributed by atoms with Gasteiger partial charge in [-0.2, -0.15) is 0 Å². The standard InChI is InChI=1S/C18H19N5O2S/c1-11-5-12(7-19-6-11)8-20-18-21-14-3-4-26-16(14)15(22-18)17(24)23-9-13(10-23)25-2/h3-7,13H,8-10H2,1-2H3,(H,20,21,22). The van der Waals surface area contributed by atoms with Crippen LogP contribution in [0.15, 0.2) is 29.9 Å². The largest absolute Gasteiger partial charge is 0.378 e. The van der Waals surface area contributed by atoms with E-state index < -0.39 is 0 Å². The monoisotopic (exact) mass is 369 g/mol. The molecule has 0 saturated carbocycles. The van der Waals surface area contributed by atoms with Crippen LogP contribution in [0.25, 0.3) is 10.2 Å². The number of methoxy groups -OCH3 is 1. The fourth-order valence-electron chi connectivity index (χ4n) is 2.89. The molecule has 0 unspecified atom stereocenters. The van der Waals surface area contributed by atoms with Crippen molar-refractivity contribution >= 4 is 33.4 Å². The molecule has 0 radical (unpaired) electrons. The van der Waals surface area contributed by atoms with E-state index in [1.807, 2.05) is 24.6 Å². The lowest BCUT2D eigenvalue weighted by Crippen LogP contribution is -2.54. The summed E-state index contributed by atoms with van der Waals surface area (Å²) in [6.07, 6.45) is 3.74. The molecule has 0 atom stereocenters. The number of likely N-dealkylation sites (tertiary alicyclic amines) is 1. The molecule has 1 aliphatic heterocycles. The summed E-state index contributed by atoms with van der Waals surface area (Å²) in [6.45, 7) is 3.75. The molecule has 1 N–H and O–H groups in total. The predicted molar refractivity (Wildman–Crippen MR) is 100 cm³/mol. The number of aryl methyl sites for hydroxylation is 1. The third kappa shape index (κ3) is 3.25. The number of ether oxygens (including phenoxy) is 1. The Kier molecular flexibility index (Phi) is 4.52. The lowest BCUT2D eigenvalue weighted by atomic mass is 10.1. The van der Waals surface area contributed by atoms with Crippen molar-refractivity contribution in [3.05, 3.63) is 46.7 Å². The lowest BCUT2D eigenvalue weighted by Gasteiger charge is -2.37. The molecule has 0 aromatic carbocycles. The van der Waals surface area contributed by atoms with Gasteiger partial charge in [-0.1, -0.05) is 6.07 Å². The Hall–Kier alpha value is -2.58. The van der Waals surface area contributed by atoms with E-state index in [0.29, 0.717) is 31.3 Å². The van der Waals surface area contributed by atoms with Crippen LogP contribution in [0.5, 0.6) is 0 Å². The summed E-state index contributed by atoms with van der Waals surface area (Å²) >= 11 is 1.48. The van der Waals surface area contributed by atoms with Gasteiger partial charge in [0.25, 0.3) is 5.91 Å². The minimum Gasteiger partial charge on any atom is -0.378 e. The number of rotatable bonds is 5. The number of thiophene rings is 1. The van der Waals surface area contributed by atoms with Crippen molar-refractivity contribution in [2.75, 3.05) is 25.5 Å². The fraction of sp³-hybridized carbons (Fsp3) is 0.333. The minimum absolute atomic E-state index is 0.0755. The van der Waals surface area contributed by atoms with Gasteiger partial charge in [-0.3, -0.25) is 9.78 Å². The van der Waals surface area contributed by atoms with Crippen molar-refractivity contribution in [3.8, 4) is 0 Å². The van der Waals surface area contributed by atoms with Crippen molar-refractivity contribution in [3.63, 3.8) is 0 Å². The highest BCUT2D eigenvalue weighted by molar-refractivity contribution is 7.17. The smallest absolute Gasteiger partial charge is 0.274 e. The molecule has 1 saturated heterocycles. The summed E-state index contributed by atoms with van der Waals surface area (Å²) < 4.78 is 6.07. The number of hydrogen-bond donors (Lipinski definition) is 1. The molecule has 0 aliphatic carbocycles. The number of amides is 1. The van der Waals surface area contributed by atoms with Crippen LogP contribution in [-0.4, -0.2) is 52.1 Å². The number of carbonyl (C=O) groups excluding carboxylic acids is 1. The average Bonchev–Trinajstić information content (AvgIpc) is 3.07. The molecule has 134 valence electrons. The molecule has 3 aromatic rings. The summed E-state index contributed by atoms with van der Waals surface area (Å²) in [7, 11) is 1.66. The molecule has 1 aliphatic rings. The van der Waals surface area contributed by atoms with Crippen LogP contribution in [0.1, 0.15) is 21.6 Å². The van der Waals surface area contributed by atoms with E-state index in [2.05, 4.69) is 26.3 Å². The highest BCUT2D eigenvalue weighted by Gasteiger charge is 2.33. The summed E-state index contributed by atoms with van der Waals surface area (Å²) in [6, 6.07) is 3.96. The number of anilines is 1.